The summed E-state index contributed by atoms with van der Waals surface area (Å²) in [6.07, 6.45) is 6.48. The van der Waals surface area contributed by atoms with Crippen LogP contribution in [0.2, 0.25) is 0 Å². The number of benzene rings is 2. The Balaban J connectivity index is 1.56. The van der Waals surface area contributed by atoms with Crippen molar-refractivity contribution in [2.75, 3.05) is 4.90 Å². The summed E-state index contributed by atoms with van der Waals surface area (Å²) in [7, 11) is 0. The molecule has 2 aliphatic rings. The van der Waals surface area contributed by atoms with Crippen LogP contribution in [0.4, 0.5) is 5.69 Å². The van der Waals surface area contributed by atoms with Crippen LogP contribution in [-0.4, -0.2) is 22.8 Å². The zero-order chi connectivity index (χ0) is 22.9. The number of fused-ring (bicyclic) bond motifs is 2. The van der Waals surface area contributed by atoms with Crippen molar-refractivity contribution in [1.29, 1.82) is 0 Å². The molecule has 5 heteroatoms. The molecule has 33 heavy (non-hydrogen) atoms. The summed E-state index contributed by atoms with van der Waals surface area (Å²) in [4.78, 5) is 33.2. The molecule has 0 saturated heterocycles. The van der Waals surface area contributed by atoms with Crippen LogP contribution in [0, 0.1) is 5.92 Å². The Morgan fingerprint density at radius 1 is 1.12 bits per heavy atom. The zero-order valence-corrected chi connectivity index (χ0v) is 19.4. The van der Waals surface area contributed by atoms with Gasteiger partial charge in [-0.25, -0.2) is 0 Å². The lowest BCUT2D eigenvalue weighted by atomic mass is 9.99. The number of nitrogens with zero attached hydrogens (tertiary/aromatic N) is 2. The average molecular weight is 442 g/mol. The SMILES string of the molecule is CC[C@@H](C)C(=O)N[C@H]1CCc2ccccc2N(Cc2c(C3CC3)cnc3ccccc23)C1=O. The summed E-state index contributed by atoms with van der Waals surface area (Å²) in [5.41, 5.74) is 5.49. The van der Waals surface area contributed by atoms with Gasteiger partial charge in [0.25, 0.3) is 0 Å². The Kier molecular flexibility index (Phi) is 5.88. The Labute approximate surface area is 195 Å². The second-order valence-corrected chi connectivity index (χ2v) is 9.45. The molecule has 3 aromatic rings. The van der Waals surface area contributed by atoms with Gasteiger partial charge < -0.3 is 10.2 Å². The first kappa shape index (κ1) is 21.6. The van der Waals surface area contributed by atoms with Gasteiger partial charge in [0.05, 0.1) is 12.1 Å². The van der Waals surface area contributed by atoms with Gasteiger partial charge in [0, 0.05) is 23.2 Å². The van der Waals surface area contributed by atoms with Crippen LogP contribution in [0.3, 0.4) is 0 Å². The summed E-state index contributed by atoms with van der Waals surface area (Å²) in [6.45, 7) is 4.39. The first-order chi connectivity index (χ1) is 16.1. The second kappa shape index (κ2) is 8.97. The molecule has 5 rings (SSSR count). The van der Waals surface area contributed by atoms with Crippen molar-refractivity contribution >= 4 is 28.4 Å². The molecular weight excluding hydrogens is 410 g/mol. The summed E-state index contributed by atoms with van der Waals surface area (Å²) in [6, 6.07) is 15.8. The molecule has 2 atom stereocenters. The lowest BCUT2D eigenvalue weighted by Gasteiger charge is -2.28. The van der Waals surface area contributed by atoms with Gasteiger partial charge in [-0.15, -0.1) is 0 Å². The van der Waals surface area contributed by atoms with E-state index >= 15 is 0 Å². The number of anilines is 1. The number of rotatable bonds is 6. The van der Waals surface area contributed by atoms with E-state index in [0.29, 0.717) is 18.9 Å². The molecule has 2 amide bonds. The molecule has 0 spiro atoms. The fraction of sp³-hybridized carbons (Fsp3) is 0.393. The highest BCUT2D eigenvalue weighted by molar-refractivity contribution is 6.01. The summed E-state index contributed by atoms with van der Waals surface area (Å²) in [5.74, 6) is 0.340. The highest BCUT2D eigenvalue weighted by Crippen LogP contribution is 2.43. The maximum Gasteiger partial charge on any atom is 0.249 e. The van der Waals surface area contributed by atoms with Crippen LogP contribution in [-0.2, 0) is 22.6 Å². The minimum atomic E-state index is -0.517. The van der Waals surface area contributed by atoms with Crippen molar-refractivity contribution in [1.82, 2.24) is 10.3 Å². The molecule has 1 N–H and O–H groups in total. The highest BCUT2D eigenvalue weighted by atomic mass is 16.2. The van der Waals surface area contributed by atoms with Crippen molar-refractivity contribution in [3.63, 3.8) is 0 Å². The number of hydrogen-bond donors (Lipinski definition) is 1. The normalized spacial score (nSPS) is 19.2. The smallest absolute Gasteiger partial charge is 0.249 e. The molecule has 2 heterocycles. The van der Waals surface area contributed by atoms with Crippen LogP contribution in [0.5, 0.6) is 0 Å². The third-order valence-electron chi connectivity index (χ3n) is 7.18. The second-order valence-electron chi connectivity index (χ2n) is 9.45. The minimum absolute atomic E-state index is 0.0285. The summed E-state index contributed by atoms with van der Waals surface area (Å²) in [5, 5.41) is 4.16. The van der Waals surface area contributed by atoms with E-state index in [4.69, 9.17) is 4.98 Å². The highest BCUT2D eigenvalue weighted by Gasteiger charge is 2.34. The third kappa shape index (κ3) is 4.24. The van der Waals surface area contributed by atoms with Crippen molar-refractivity contribution in [3.8, 4) is 0 Å². The maximum atomic E-state index is 13.9. The van der Waals surface area contributed by atoms with Crippen molar-refractivity contribution in [3.05, 3.63) is 71.4 Å². The van der Waals surface area contributed by atoms with Gasteiger partial charge in [-0.05, 0) is 66.8 Å². The largest absolute Gasteiger partial charge is 0.344 e. The maximum absolute atomic E-state index is 13.9. The van der Waals surface area contributed by atoms with Gasteiger partial charge in [0.15, 0.2) is 0 Å². The molecule has 1 fully saturated rings. The molecule has 2 aromatic carbocycles. The zero-order valence-electron chi connectivity index (χ0n) is 19.4. The fourth-order valence-corrected chi connectivity index (χ4v) is 4.81. The predicted octanol–water partition coefficient (Wildman–Crippen LogP) is 5.12. The molecule has 0 unspecified atom stereocenters. The standard InChI is InChI=1S/C28H31N3O2/c1-3-18(2)27(32)30-25-15-14-20-8-4-7-11-26(20)31(28(25)33)17-23-21-9-5-6-10-24(21)29-16-22(23)19-12-13-19/h4-11,16,18-19,25H,3,12-15,17H2,1-2H3,(H,30,32)/t18-,25+/m1/s1. The van der Waals surface area contributed by atoms with Gasteiger partial charge in [0.1, 0.15) is 6.04 Å². The third-order valence-corrected chi connectivity index (χ3v) is 7.18. The number of nitrogens with one attached hydrogen (secondary N) is 1. The van der Waals surface area contributed by atoms with Gasteiger partial charge in [-0.2, -0.15) is 0 Å². The van der Waals surface area contributed by atoms with E-state index in [1.807, 2.05) is 61.3 Å². The quantitative estimate of drug-likeness (QED) is 0.577. The first-order valence-electron chi connectivity index (χ1n) is 12.1. The molecule has 5 nitrogen and oxygen atoms in total. The summed E-state index contributed by atoms with van der Waals surface area (Å²) >= 11 is 0. The number of aryl methyl sites for hydroxylation is 1. The topological polar surface area (TPSA) is 62.3 Å². The van der Waals surface area contributed by atoms with Crippen molar-refractivity contribution in [2.24, 2.45) is 5.92 Å². The lowest BCUT2D eigenvalue weighted by molar-refractivity contribution is -0.129. The van der Waals surface area contributed by atoms with E-state index in [1.54, 1.807) is 0 Å². The number of para-hydroxylation sites is 2. The van der Waals surface area contributed by atoms with Crippen LogP contribution in [0.1, 0.15) is 62.1 Å². The Hall–Kier alpha value is -3.21. The Morgan fingerprint density at radius 3 is 2.67 bits per heavy atom. The number of aromatic nitrogens is 1. The molecular formula is C28H31N3O2. The number of pyridine rings is 1. The molecule has 1 aliphatic carbocycles. The van der Waals surface area contributed by atoms with Gasteiger partial charge in [-0.1, -0.05) is 50.2 Å². The van der Waals surface area contributed by atoms with Gasteiger partial charge in [-0.3, -0.25) is 14.6 Å². The van der Waals surface area contributed by atoms with E-state index in [1.165, 1.54) is 24.0 Å². The molecule has 0 bridgehead atoms. The summed E-state index contributed by atoms with van der Waals surface area (Å²) < 4.78 is 0. The number of carbonyl (C=O) groups is 2. The fourth-order valence-electron chi connectivity index (χ4n) is 4.81. The molecule has 1 saturated carbocycles. The monoisotopic (exact) mass is 441 g/mol. The van der Waals surface area contributed by atoms with Crippen LogP contribution in [0.15, 0.2) is 54.7 Å². The van der Waals surface area contributed by atoms with Crippen molar-refractivity contribution in [2.45, 2.75) is 64.5 Å². The van der Waals surface area contributed by atoms with Crippen LogP contribution >= 0.6 is 0 Å². The average Bonchev–Trinajstić information content (AvgIpc) is 3.70. The van der Waals surface area contributed by atoms with E-state index in [-0.39, 0.29) is 17.7 Å². The van der Waals surface area contributed by atoms with Crippen LogP contribution < -0.4 is 10.2 Å². The van der Waals surface area contributed by atoms with Crippen molar-refractivity contribution < 1.29 is 9.59 Å². The first-order valence-corrected chi connectivity index (χ1v) is 12.1. The number of carbonyl (C=O) groups excluding carboxylic acids is 2. The predicted molar refractivity (Wildman–Crippen MR) is 131 cm³/mol. The van der Waals surface area contributed by atoms with Gasteiger partial charge in [0.2, 0.25) is 11.8 Å². The van der Waals surface area contributed by atoms with E-state index in [0.717, 1.165) is 35.0 Å². The number of hydrogen-bond acceptors (Lipinski definition) is 3. The van der Waals surface area contributed by atoms with Gasteiger partial charge >= 0.3 is 0 Å². The van der Waals surface area contributed by atoms with E-state index < -0.39 is 6.04 Å². The molecule has 0 radical (unpaired) electrons. The molecule has 170 valence electrons. The van der Waals surface area contributed by atoms with E-state index in [9.17, 15) is 9.59 Å². The number of amides is 2. The lowest BCUT2D eigenvalue weighted by Crippen LogP contribution is -2.49. The molecule has 1 aliphatic heterocycles. The Morgan fingerprint density at radius 2 is 1.88 bits per heavy atom. The molecule has 1 aromatic heterocycles. The van der Waals surface area contributed by atoms with E-state index in [2.05, 4.69) is 17.4 Å². The Bertz CT molecular complexity index is 1200. The van der Waals surface area contributed by atoms with Crippen LogP contribution in [0.25, 0.3) is 10.9 Å². The minimum Gasteiger partial charge on any atom is -0.344 e.